The van der Waals surface area contributed by atoms with Crippen LogP contribution in [-0.2, 0) is 4.74 Å². The van der Waals surface area contributed by atoms with Crippen molar-refractivity contribution >= 4 is 55.8 Å². The number of alkyl carbamates (subject to hydrolysis) is 1. The van der Waals surface area contributed by atoms with Crippen molar-refractivity contribution in [1.82, 2.24) is 10.3 Å². The van der Waals surface area contributed by atoms with Gasteiger partial charge in [0.1, 0.15) is 9.83 Å². The first kappa shape index (κ1) is 17.1. The van der Waals surface area contributed by atoms with Gasteiger partial charge in [0.05, 0.1) is 17.0 Å². The largest absolute Gasteiger partial charge is 0.450 e. The fraction of sp³-hybridized carbons (Fsp3) is 0.125. The van der Waals surface area contributed by atoms with Crippen molar-refractivity contribution in [1.29, 1.82) is 0 Å². The van der Waals surface area contributed by atoms with E-state index in [1.807, 2.05) is 6.07 Å². The third-order valence-electron chi connectivity index (χ3n) is 3.15. The van der Waals surface area contributed by atoms with Gasteiger partial charge in [-0.2, -0.15) is 0 Å². The van der Waals surface area contributed by atoms with E-state index in [4.69, 9.17) is 0 Å². The van der Waals surface area contributed by atoms with Gasteiger partial charge in [0.15, 0.2) is 0 Å². The molecule has 7 nitrogen and oxygen atoms in total. The smallest absolute Gasteiger partial charge is 0.414 e. The lowest BCUT2D eigenvalue weighted by Crippen LogP contribution is -2.31. The molecular formula is C16H13N3O4S2. The number of imide groups is 1. The molecule has 3 aromatic rings. The predicted octanol–water partition coefficient (Wildman–Crippen LogP) is 3.50. The zero-order valence-electron chi connectivity index (χ0n) is 13.1. The Bertz CT molecular complexity index is 915. The number of fused-ring (bicyclic) bond motifs is 1. The van der Waals surface area contributed by atoms with Crippen molar-refractivity contribution in [2.24, 2.45) is 0 Å². The first-order chi connectivity index (χ1) is 12.1. The molecule has 0 bridgehead atoms. The Hall–Kier alpha value is -2.78. The van der Waals surface area contributed by atoms with Crippen molar-refractivity contribution < 1.29 is 19.1 Å². The lowest BCUT2D eigenvalue weighted by Gasteiger charge is -2.06. The van der Waals surface area contributed by atoms with Crippen molar-refractivity contribution in [3.8, 4) is 0 Å². The van der Waals surface area contributed by atoms with Crippen molar-refractivity contribution in [2.45, 2.75) is 6.92 Å². The van der Waals surface area contributed by atoms with Crippen LogP contribution in [0.1, 0.15) is 27.0 Å². The summed E-state index contributed by atoms with van der Waals surface area (Å²) < 4.78 is 4.67. The SMILES string of the molecule is CCOC(=O)NC(=O)c1ccsc1NC(=O)c1cc2cccnc2s1. The molecule has 0 aliphatic rings. The summed E-state index contributed by atoms with van der Waals surface area (Å²) >= 11 is 2.46. The van der Waals surface area contributed by atoms with Crippen LogP contribution < -0.4 is 10.6 Å². The van der Waals surface area contributed by atoms with Crippen LogP contribution in [-0.4, -0.2) is 29.5 Å². The highest BCUT2D eigenvalue weighted by molar-refractivity contribution is 7.20. The zero-order valence-corrected chi connectivity index (χ0v) is 14.7. The van der Waals surface area contributed by atoms with E-state index in [1.54, 1.807) is 30.6 Å². The number of ether oxygens (including phenoxy) is 1. The van der Waals surface area contributed by atoms with E-state index in [-0.39, 0.29) is 18.1 Å². The van der Waals surface area contributed by atoms with Gasteiger partial charge in [0.25, 0.3) is 11.8 Å². The van der Waals surface area contributed by atoms with Gasteiger partial charge in [-0.15, -0.1) is 22.7 Å². The average molecular weight is 375 g/mol. The molecule has 0 aromatic carbocycles. The lowest BCUT2D eigenvalue weighted by molar-refractivity contribution is 0.0926. The van der Waals surface area contributed by atoms with Gasteiger partial charge in [-0.3, -0.25) is 14.9 Å². The molecule has 3 amide bonds. The van der Waals surface area contributed by atoms with Gasteiger partial charge < -0.3 is 10.1 Å². The molecule has 3 heterocycles. The molecule has 0 aliphatic carbocycles. The summed E-state index contributed by atoms with van der Waals surface area (Å²) in [5.74, 6) is -0.969. The minimum atomic E-state index is -0.827. The number of hydrogen-bond donors (Lipinski definition) is 2. The van der Waals surface area contributed by atoms with Crippen molar-refractivity contribution in [2.75, 3.05) is 11.9 Å². The Labute approximate surface area is 150 Å². The summed E-state index contributed by atoms with van der Waals surface area (Å²) in [7, 11) is 0. The summed E-state index contributed by atoms with van der Waals surface area (Å²) in [5, 5.41) is 7.70. The fourth-order valence-electron chi connectivity index (χ4n) is 2.06. The quantitative estimate of drug-likeness (QED) is 0.727. The molecule has 0 saturated heterocycles. The summed E-state index contributed by atoms with van der Waals surface area (Å²) in [6.07, 6.45) is 0.837. The molecule has 2 N–H and O–H groups in total. The third-order valence-corrected chi connectivity index (χ3v) is 5.03. The second kappa shape index (κ2) is 7.41. The van der Waals surface area contributed by atoms with Crippen LogP contribution in [0.4, 0.5) is 9.80 Å². The molecule has 9 heteroatoms. The second-order valence-corrected chi connectivity index (χ2v) is 6.75. The molecule has 0 atom stereocenters. The maximum absolute atomic E-state index is 12.4. The number of nitrogens with one attached hydrogen (secondary N) is 2. The van der Waals surface area contributed by atoms with E-state index in [0.717, 1.165) is 10.2 Å². The van der Waals surface area contributed by atoms with Crippen LogP contribution in [0, 0.1) is 0 Å². The van der Waals surface area contributed by atoms with E-state index in [1.165, 1.54) is 28.7 Å². The van der Waals surface area contributed by atoms with Gasteiger partial charge in [-0.1, -0.05) is 6.07 Å². The number of nitrogens with zero attached hydrogens (tertiary/aromatic N) is 1. The van der Waals surface area contributed by atoms with Gasteiger partial charge in [-0.25, -0.2) is 9.78 Å². The van der Waals surface area contributed by atoms with E-state index in [2.05, 4.69) is 20.4 Å². The maximum Gasteiger partial charge on any atom is 0.414 e. The van der Waals surface area contributed by atoms with Crippen LogP contribution in [0.5, 0.6) is 0 Å². The number of rotatable bonds is 4. The van der Waals surface area contributed by atoms with Crippen molar-refractivity contribution in [3.05, 3.63) is 46.3 Å². The lowest BCUT2D eigenvalue weighted by atomic mass is 10.3. The van der Waals surface area contributed by atoms with E-state index >= 15 is 0 Å². The minimum Gasteiger partial charge on any atom is -0.450 e. The number of hydrogen-bond acceptors (Lipinski definition) is 7. The highest BCUT2D eigenvalue weighted by Crippen LogP contribution is 2.27. The van der Waals surface area contributed by atoms with Crippen LogP contribution in [0.25, 0.3) is 10.2 Å². The Morgan fingerprint density at radius 3 is 2.84 bits per heavy atom. The monoisotopic (exact) mass is 375 g/mol. The van der Waals surface area contributed by atoms with Gasteiger partial charge >= 0.3 is 6.09 Å². The molecule has 0 aliphatic heterocycles. The Morgan fingerprint density at radius 1 is 1.24 bits per heavy atom. The maximum atomic E-state index is 12.4. The van der Waals surface area contributed by atoms with Crippen LogP contribution in [0.15, 0.2) is 35.8 Å². The molecule has 0 saturated carbocycles. The number of thiophene rings is 2. The topological polar surface area (TPSA) is 97.4 Å². The number of carbonyl (C=O) groups is 3. The highest BCUT2D eigenvalue weighted by Gasteiger charge is 2.19. The van der Waals surface area contributed by atoms with Crippen LogP contribution >= 0.6 is 22.7 Å². The molecular weight excluding hydrogens is 362 g/mol. The number of carbonyl (C=O) groups excluding carboxylic acids is 3. The molecule has 3 rings (SSSR count). The molecule has 0 unspecified atom stereocenters. The van der Waals surface area contributed by atoms with Crippen LogP contribution in [0.2, 0.25) is 0 Å². The number of amides is 3. The standard InChI is InChI=1S/C16H13N3O4S2/c1-2-23-16(22)19-12(20)10-5-7-24-15(10)18-13(21)11-8-9-4-3-6-17-14(9)25-11/h3-8H,2H2,1H3,(H,18,21)(H,19,20,22). The third kappa shape index (κ3) is 3.83. The molecule has 0 fully saturated rings. The van der Waals surface area contributed by atoms with Gasteiger partial charge in [0.2, 0.25) is 0 Å². The van der Waals surface area contributed by atoms with Gasteiger partial charge in [-0.05, 0) is 30.5 Å². The highest BCUT2D eigenvalue weighted by atomic mass is 32.1. The Balaban J connectivity index is 1.75. The summed E-state index contributed by atoms with van der Waals surface area (Å²) in [6, 6.07) is 6.95. The normalized spacial score (nSPS) is 10.4. The molecule has 128 valence electrons. The number of aromatic nitrogens is 1. The van der Waals surface area contributed by atoms with E-state index < -0.39 is 12.0 Å². The fourth-order valence-corrected chi connectivity index (χ4v) is 3.74. The summed E-state index contributed by atoms with van der Waals surface area (Å²) in [5.41, 5.74) is 0.200. The first-order valence-corrected chi connectivity index (χ1v) is 8.99. The second-order valence-electron chi connectivity index (χ2n) is 4.80. The Morgan fingerprint density at radius 2 is 2.08 bits per heavy atom. The molecule has 25 heavy (non-hydrogen) atoms. The van der Waals surface area contributed by atoms with E-state index in [9.17, 15) is 14.4 Å². The first-order valence-electron chi connectivity index (χ1n) is 7.30. The van der Waals surface area contributed by atoms with Crippen molar-refractivity contribution in [3.63, 3.8) is 0 Å². The number of anilines is 1. The minimum absolute atomic E-state index is 0.159. The van der Waals surface area contributed by atoms with E-state index in [0.29, 0.717) is 9.88 Å². The molecule has 0 radical (unpaired) electrons. The summed E-state index contributed by atoms with van der Waals surface area (Å²) in [4.78, 5) is 41.4. The summed E-state index contributed by atoms with van der Waals surface area (Å²) in [6.45, 7) is 1.80. The molecule has 3 aromatic heterocycles. The molecule has 0 spiro atoms. The predicted molar refractivity (Wildman–Crippen MR) is 96.4 cm³/mol. The Kier molecular flexibility index (Phi) is 5.05. The average Bonchev–Trinajstić information content (AvgIpc) is 3.21. The zero-order chi connectivity index (χ0) is 17.8. The number of pyridine rings is 1. The van der Waals surface area contributed by atoms with Gasteiger partial charge in [0, 0.05) is 11.6 Å². The van der Waals surface area contributed by atoms with Crippen LogP contribution in [0.3, 0.4) is 0 Å².